The lowest BCUT2D eigenvalue weighted by Gasteiger charge is -2.23. The third-order valence-corrected chi connectivity index (χ3v) is 3.90. The molecular formula is C13H23N3. The zero-order chi connectivity index (χ0) is 11.5. The van der Waals surface area contributed by atoms with Gasteiger partial charge in [-0.15, -0.1) is 0 Å². The Morgan fingerprint density at radius 3 is 3.00 bits per heavy atom. The molecule has 1 fully saturated rings. The number of nitrogens with zero attached hydrogens (tertiary/aromatic N) is 2. The van der Waals surface area contributed by atoms with E-state index >= 15 is 0 Å². The van der Waals surface area contributed by atoms with Crippen LogP contribution in [0.15, 0.2) is 12.4 Å². The Morgan fingerprint density at radius 2 is 2.38 bits per heavy atom. The van der Waals surface area contributed by atoms with Gasteiger partial charge in [0, 0.05) is 18.9 Å². The number of hydrogen-bond donors (Lipinski definition) is 1. The highest BCUT2D eigenvalue weighted by Gasteiger charge is 2.31. The van der Waals surface area contributed by atoms with E-state index in [2.05, 4.69) is 29.6 Å². The van der Waals surface area contributed by atoms with Crippen LogP contribution >= 0.6 is 0 Å². The summed E-state index contributed by atoms with van der Waals surface area (Å²) < 4.78 is 2.22. The summed E-state index contributed by atoms with van der Waals surface area (Å²) in [4.78, 5) is 4.45. The van der Waals surface area contributed by atoms with Gasteiger partial charge in [-0.25, -0.2) is 4.98 Å². The summed E-state index contributed by atoms with van der Waals surface area (Å²) in [6.07, 6.45) is 8.99. The summed E-state index contributed by atoms with van der Waals surface area (Å²) in [6, 6.07) is 0.124. The minimum absolute atomic E-state index is 0.124. The minimum Gasteiger partial charge on any atom is -0.334 e. The third kappa shape index (κ3) is 2.14. The van der Waals surface area contributed by atoms with Crippen molar-refractivity contribution in [1.82, 2.24) is 9.55 Å². The van der Waals surface area contributed by atoms with Crippen LogP contribution in [0.1, 0.15) is 51.4 Å². The molecule has 90 valence electrons. The second kappa shape index (κ2) is 5.00. The van der Waals surface area contributed by atoms with Crippen molar-refractivity contribution in [3.8, 4) is 0 Å². The molecule has 1 aromatic heterocycles. The van der Waals surface area contributed by atoms with Gasteiger partial charge in [-0.1, -0.05) is 26.7 Å². The van der Waals surface area contributed by atoms with Gasteiger partial charge in [0.05, 0.1) is 6.04 Å². The van der Waals surface area contributed by atoms with Crippen LogP contribution in [0.3, 0.4) is 0 Å². The molecule has 0 bridgehead atoms. The molecule has 0 amide bonds. The van der Waals surface area contributed by atoms with Crippen molar-refractivity contribution in [1.29, 1.82) is 0 Å². The number of imidazole rings is 1. The van der Waals surface area contributed by atoms with Crippen LogP contribution in [-0.2, 0) is 6.54 Å². The van der Waals surface area contributed by atoms with Gasteiger partial charge in [0.15, 0.2) is 0 Å². The van der Waals surface area contributed by atoms with Crippen LogP contribution < -0.4 is 5.73 Å². The van der Waals surface area contributed by atoms with Crippen molar-refractivity contribution >= 4 is 0 Å². The topological polar surface area (TPSA) is 43.8 Å². The molecule has 1 aromatic rings. The predicted octanol–water partition coefficient (Wildman–Crippen LogP) is 2.73. The zero-order valence-electron chi connectivity index (χ0n) is 10.4. The lowest BCUT2D eigenvalue weighted by Crippen LogP contribution is -2.26. The molecule has 1 heterocycles. The minimum atomic E-state index is 0.124. The largest absolute Gasteiger partial charge is 0.334 e. The summed E-state index contributed by atoms with van der Waals surface area (Å²) in [7, 11) is 0. The lowest BCUT2D eigenvalue weighted by molar-refractivity contribution is 0.333. The van der Waals surface area contributed by atoms with Gasteiger partial charge >= 0.3 is 0 Å². The summed E-state index contributed by atoms with van der Waals surface area (Å²) >= 11 is 0. The van der Waals surface area contributed by atoms with Gasteiger partial charge in [0.2, 0.25) is 0 Å². The summed E-state index contributed by atoms with van der Waals surface area (Å²) in [5, 5.41) is 0. The van der Waals surface area contributed by atoms with E-state index in [1.165, 1.54) is 19.3 Å². The Balaban J connectivity index is 2.13. The van der Waals surface area contributed by atoms with Crippen LogP contribution in [0.4, 0.5) is 0 Å². The number of aromatic nitrogens is 2. The molecule has 3 atom stereocenters. The molecule has 3 heteroatoms. The van der Waals surface area contributed by atoms with E-state index in [0.717, 1.165) is 24.7 Å². The number of aryl methyl sites for hydroxylation is 1. The van der Waals surface area contributed by atoms with Crippen molar-refractivity contribution in [2.24, 2.45) is 17.6 Å². The maximum Gasteiger partial charge on any atom is 0.125 e. The van der Waals surface area contributed by atoms with Crippen molar-refractivity contribution in [2.45, 2.75) is 52.1 Å². The highest BCUT2D eigenvalue weighted by Crippen LogP contribution is 2.38. The Labute approximate surface area is 98.1 Å². The second-order valence-electron chi connectivity index (χ2n) is 5.08. The van der Waals surface area contributed by atoms with E-state index in [1.807, 2.05) is 6.20 Å². The molecule has 1 aliphatic carbocycles. The van der Waals surface area contributed by atoms with Crippen LogP contribution in [-0.4, -0.2) is 9.55 Å². The van der Waals surface area contributed by atoms with Crippen molar-refractivity contribution in [3.05, 3.63) is 18.2 Å². The van der Waals surface area contributed by atoms with Crippen molar-refractivity contribution in [3.63, 3.8) is 0 Å². The average Bonchev–Trinajstić information content (AvgIpc) is 2.87. The number of nitrogens with two attached hydrogens (primary N) is 1. The van der Waals surface area contributed by atoms with E-state index in [4.69, 9.17) is 5.73 Å². The van der Waals surface area contributed by atoms with E-state index in [9.17, 15) is 0 Å². The van der Waals surface area contributed by atoms with E-state index in [-0.39, 0.29) is 6.04 Å². The monoisotopic (exact) mass is 221 g/mol. The highest BCUT2D eigenvalue weighted by atomic mass is 15.1. The SMILES string of the molecule is CCCn1ccnc1C(N)C1CCCC1C. The summed E-state index contributed by atoms with van der Waals surface area (Å²) in [5.41, 5.74) is 6.38. The van der Waals surface area contributed by atoms with Crippen molar-refractivity contribution in [2.75, 3.05) is 0 Å². The molecule has 0 saturated heterocycles. The van der Waals surface area contributed by atoms with E-state index in [0.29, 0.717) is 5.92 Å². The molecule has 3 unspecified atom stereocenters. The summed E-state index contributed by atoms with van der Waals surface area (Å²) in [5.74, 6) is 2.46. The molecule has 0 aromatic carbocycles. The van der Waals surface area contributed by atoms with Gasteiger partial charge in [0.1, 0.15) is 5.82 Å². The van der Waals surface area contributed by atoms with Crippen LogP contribution in [0.25, 0.3) is 0 Å². The lowest BCUT2D eigenvalue weighted by atomic mass is 9.90. The molecule has 1 aliphatic rings. The first-order chi connectivity index (χ1) is 7.74. The standard InChI is InChI=1S/C13H23N3/c1-3-8-16-9-7-15-13(16)12(14)11-6-4-5-10(11)2/h7,9-12H,3-6,8,14H2,1-2H3. The Morgan fingerprint density at radius 1 is 1.56 bits per heavy atom. The first kappa shape index (κ1) is 11.6. The normalized spacial score (nSPS) is 27.2. The summed E-state index contributed by atoms with van der Waals surface area (Å²) in [6.45, 7) is 5.54. The van der Waals surface area contributed by atoms with Crippen LogP contribution in [0, 0.1) is 11.8 Å². The second-order valence-corrected chi connectivity index (χ2v) is 5.08. The molecule has 16 heavy (non-hydrogen) atoms. The van der Waals surface area contributed by atoms with Gasteiger partial charge in [-0.2, -0.15) is 0 Å². The van der Waals surface area contributed by atoms with Crippen LogP contribution in [0.5, 0.6) is 0 Å². The van der Waals surface area contributed by atoms with E-state index < -0.39 is 0 Å². The smallest absolute Gasteiger partial charge is 0.125 e. The van der Waals surface area contributed by atoms with Crippen molar-refractivity contribution < 1.29 is 0 Å². The Hall–Kier alpha value is -0.830. The fourth-order valence-corrected chi connectivity index (χ4v) is 2.95. The molecule has 2 rings (SSSR count). The first-order valence-corrected chi connectivity index (χ1v) is 6.50. The van der Waals surface area contributed by atoms with E-state index in [1.54, 1.807) is 0 Å². The van der Waals surface area contributed by atoms with Gasteiger partial charge in [-0.3, -0.25) is 0 Å². The average molecular weight is 221 g/mol. The maximum atomic E-state index is 6.38. The van der Waals surface area contributed by atoms with Gasteiger partial charge in [0.25, 0.3) is 0 Å². The quantitative estimate of drug-likeness (QED) is 0.849. The Kier molecular flexibility index (Phi) is 3.64. The molecule has 2 N–H and O–H groups in total. The molecule has 0 radical (unpaired) electrons. The highest BCUT2D eigenvalue weighted by molar-refractivity contribution is 5.02. The fraction of sp³-hybridized carbons (Fsp3) is 0.769. The van der Waals surface area contributed by atoms with Gasteiger partial charge in [-0.05, 0) is 24.7 Å². The fourth-order valence-electron chi connectivity index (χ4n) is 2.95. The first-order valence-electron chi connectivity index (χ1n) is 6.50. The number of rotatable bonds is 4. The third-order valence-electron chi connectivity index (χ3n) is 3.90. The Bertz CT molecular complexity index is 332. The predicted molar refractivity (Wildman–Crippen MR) is 66.0 cm³/mol. The number of hydrogen-bond acceptors (Lipinski definition) is 2. The van der Waals surface area contributed by atoms with Crippen LogP contribution in [0.2, 0.25) is 0 Å². The molecular weight excluding hydrogens is 198 g/mol. The maximum absolute atomic E-state index is 6.38. The molecule has 1 saturated carbocycles. The molecule has 0 spiro atoms. The molecule has 3 nitrogen and oxygen atoms in total. The van der Waals surface area contributed by atoms with Gasteiger partial charge < -0.3 is 10.3 Å². The molecule has 0 aliphatic heterocycles. The zero-order valence-corrected chi connectivity index (χ0v) is 10.4.